The molecule has 0 aromatic heterocycles. The van der Waals surface area contributed by atoms with E-state index >= 15 is 0 Å². The van der Waals surface area contributed by atoms with Gasteiger partial charge in [-0.05, 0) is 56.7 Å². The summed E-state index contributed by atoms with van der Waals surface area (Å²) in [5.74, 6) is 1.69. The third kappa shape index (κ3) is 3.38. The van der Waals surface area contributed by atoms with E-state index < -0.39 is 0 Å². The van der Waals surface area contributed by atoms with E-state index in [9.17, 15) is 0 Å². The lowest BCUT2D eigenvalue weighted by Gasteiger charge is -2.15. The maximum atomic E-state index is 5.30. The summed E-state index contributed by atoms with van der Waals surface area (Å²) >= 11 is 7.05. The molecule has 0 bridgehead atoms. The SMILES string of the molecule is COc1cc(NCC2CCCC2)c(Br)cc1Br. The molecule has 1 fully saturated rings. The number of methoxy groups -OCH3 is 1. The van der Waals surface area contributed by atoms with Gasteiger partial charge in [-0.2, -0.15) is 0 Å². The van der Waals surface area contributed by atoms with E-state index in [4.69, 9.17) is 4.74 Å². The highest BCUT2D eigenvalue weighted by molar-refractivity contribution is 9.11. The van der Waals surface area contributed by atoms with Gasteiger partial charge in [0, 0.05) is 17.1 Å². The molecule has 0 saturated heterocycles. The van der Waals surface area contributed by atoms with Gasteiger partial charge in [0.15, 0.2) is 0 Å². The summed E-state index contributed by atoms with van der Waals surface area (Å²) in [6.07, 6.45) is 5.49. The second kappa shape index (κ2) is 6.10. The average molecular weight is 363 g/mol. The Balaban J connectivity index is 2.03. The molecule has 94 valence electrons. The highest BCUT2D eigenvalue weighted by atomic mass is 79.9. The van der Waals surface area contributed by atoms with Gasteiger partial charge in [-0.3, -0.25) is 0 Å². The number of benzene rings is 1. The molecule has 1 aromatic rings. The molecule has 0 atom stereocenters. The van der Waals surface area contributed by atoms with Gasteiger partial charge in [0.05, 0.1) is 17.3 Å². The fourth-order valence-corrected chi connectivity index (χ4v) is 3.59. The van der Waals surface area contributed by atoms with Gasteiger partial charge in [-0.25, -0.2) is 0 Å². The molecule has 0 heterocycles. The second-order valence-electron chi connectivity index (χ2n) is 4.50. The van der Waals surface area contributed by atoms with Crippen LogP contribution in [0.5, 0.6) is 5.75 Å². The normalized spacial score (nSPS) is 16.2. The third-order valence-corrected chi connectivity index (χ3v) is 4.57. The van der Waals surface area contributed by atoms with Crippen LogP contribution in [0.4, 0.5) is 5.69 Å². The summed E-state index contributed by atoms with van der Waals surface area (Å²) in [5, 5.41) is 3.51. The van der Waals surface area contributed by atoms with Crippen LogP contribution < -0.4 is 10.1 Å². The minimum absolute atomic E-state index is 0.830. The minimum Gasteiger partial charge on any atom is -0.495 e. The van der Waals surface area contributed by atoms with Crippen LogP contribution in [-0.4, -0.2) is 13.7 Å². The van der Waals surface area contributed by atoms with Gasteiger partial charge in [0.25, 0.3) is 0 Å². The van der Waals surface area contributed by atoms with Gasteiger partial charge >= 0.3 is 0 Å². The summed E-state index contributed by atoms with van der Waals surface area (Å²) in [4.78, 5) is 0. The number of hydrogen-bond acceptors (Lipinski definition) is 2. The molecule has 1 N–H and O–H groups in total. The molecule has 1 aliphatic carbocycles. The highest BCUT2D eigenvalue weighted by Crippen LogP contribution is 2.35. The van der Waals surface area contributed by atoms with Crippen molar-refractivity contribution < 1.29 is 4.74 Å². The van der Waals surface area contributed by atoms with Crippen molar-refractivity contribution >= 4 is 37.5 Å². The molecule has 0 unspecified atom stereocenters. The van der Waals surface area contributed by atoms with E-state index in [0.29, 0.717) is 0 Å². The van der Waals surface area contributed by atoms with Crippen LogP contribution in [0.15, 0.2) is 21.1 Å². The number of rotatable bonds is 4. The molecular formula is C13H17Br2NO. The number of hydrogen-bond donors (Lipinski definition) is 1. The predicted octanol–water partition coefficient (Wildman–Crippen LogP) is 4.82. The monoisotopic (exact) mass is 361 g/mol. The van der Waals surface area contributed by atoms with Crippen molar-refractivity contribution in [3.8, 4) is 5.75 Å². The first-order valence-corrected chi connectivity index (χ1v) is 7.56. The number of nitrogens with one attached hydrogen (secondary N) is 1. The number of ether oxygens (including phenoxy) is 1. The van der Waals surface area contributed by atoms with E-state index in [1.165, 1.54) is 25.7 Å². The van der Waals surface area contributed by atoms with Crippen LogP contribution in [-0.2, 0) is 0 Å². The summed E-state index contributed by atoms with van der Waals surface area (Å²) < 4.78 is 7.35. The molecule has 1 aromatic carbocycles. The molecule has 2 rings (SSSR count). The Labute approximate surface area is 119 Å². The Morgan fingerprint density at radius 3 is 2.59 bits per heavy atom. The van der Waals surface area contributed by atoms with Crippen LogP contribution in [0.2, 0.25) is 0 Å². The van der Waals surface area contributed by atoms with Crippen LogP contribution in [0, 0.1) is 5.92 Å². The third-order valence-electron chi connectivity index (χ3n) is 3.30. The Hall–Kier alpha value is -0.220. The maximum Gasteiger partial charge on any atom is 0.135 e. The summed E-state index contributed by atoms with van der Waals surface area (Å²) in [6.45, 7) is 1.06. The Bertz CT molecular complexity index is 389. The molecule has 0 radical (unpaired) electrons. The first-order valence-electron chi connectivity index (χ1n) is 5.97. The van der Waals surface area contributed by atoms with Crippen molar-refractivity contribution in [2.45, 2.75) is 25.7 Å². The fourth-order valence-electron chi connectivity index (χ4n) is 2.29. The van der Waals surface area contributed by atoms with Crippen LogP contribution in [0.3, 0.4) is 0 Å². The van der Waals surface area contributed by atoms with E-state index in [1.807, 2.05) is 12.1 Å². The predicted molar refractivity (Wildman–Crippen MR) is 78.8 cm³/mol. The largest absolute Gasteiger partial charge is 0.495 e. The topological polar surface area (TPSA) is 21.3 Å². The van der Waals surface area contributed by atoms with Gasteiger partial charge in [-0.1, -0.05) is 12.8 Å². The number of halogens is 2. The van der Waals surface area contributed by atoms with Crippen LogP contribution >= 0.6 is 31.9 Å². The second-order valence-corrected chi connectivity index (χ2v) is 6.21. The Morgan fingerprint density at radius 1 is 1.24 bits per heavy atom. The van der Waals surface area contributed by atoms with Crippen LogP contribution in [0.1, 0.15) is 25.7 Å². The molecule has 17 heavy (non-hydrogen) atoms. The Kier molecular flexibility index (Phi) is 4.74. The van der Waals surface area contributed by atoms with Gasteiger partial charge < -0.3 is 10.1 Å². The molecular weight excluding hydrogens is 346 g/mol. The summed E-state index contributed by atoms with van der Waals surface area (Å²) in [7, 11) is 1.69. The highest BCUT2D eigenvalue weighted by Gasteiger charge is 2.15. The maximum absolute atomic E-state index is 5.30. The van der Waals surface area contributed by atoms with Crippen molar-refractivity contribution in [1.82, 2.24) is 0 Å². The van der Waals surface area contributed by atoms with E-state index in [1.54, 1.807) is 7.11 Å². The zero-order chi connectivity index (χ0) is 12.3. The van der Waals surface area contributed by atoms with Gasteiger partial charge in [0.2, 0.25) is 0 Å². The van der Waals surface area contributed by atoms with Crippen molar-refractivity contribution in [2.24, 2.45) is 5.92 Å². The van der Waals surface area contributed by atoms with Gasteiger partial charge in [-0.15, -0.1) is 0 Å². The molecule has 1 saturated carbocycles. The standard InChI is InChI=1S/C13H17Br2NO/c1-17-13-7-12(10(14)6-11(13)15)16-8-9-4-2-3-5-9/h6-7,9,16H,2-5,8H2,1H3. The zero-order valence-corrected chi connectivity index (χ0v) is 13.1. The lowest BCUT2D eigenvalue weighted by molar-refractivity contribution is 0.412. The first-order chi connectivity index (χ1) is 8.20. The van der Waals surface area contributed by atoms with Gasteiger partial charge in [0.1, 0.15) is 5.75 Å². The molecule has 0 aliphatic heterocycles. The van der Waals surface area contributed by atoms with E-state index in [-0.39, 0.29) is 0 Å². The first kappa shape index (κ1) is 13.2. The fraction of sp³-hybridized carbons (Fsp3) is 0.538. The van der Waals surface area contributed by atoms with Crippen molar-refractivity contribution in [1.29, 1.82) is 0 Å². The molecule has 1 aliphatic rings. The van der Waals surface area contributed by atoms with Crippen molar-refractivity contribution in [3.05, 3.63) is 21.1 Å². The summed E-state index contributed by atoms with van der Waals surface area (Å²) in [6, 6.07) is 4.05. The molecule has 0 amide bonds. The van der Waals surface area contributed by atoms with Crippen molar-refractivity contribution in [3.63, 3.8) is 0 Å². The van der Waals surface area contributed by atoms with E-state index in [0.717, 1.165) is 32.8 Å². The van der Waals surface area contributed by atoms with Crippen molar-refractivity contribution in [2.75, 3.05) is 19.0 Å². The lowest BCUT2D eigenvalue weighted by atomic mass is 10.1. The molecule has 0 spiro atoms. The van der Waals surface area contributed by atoms with Crippen LogP contribution in [0.25, 0.3) is 0 Å². The molecule has 4 heteroatoms. The molecule has 2 nitrogen and oxygen atoms in total. The van der Waals surface area contributed by atoms with E-state index in [2.05, 4.69) is 37.2 Å². The number of anilines is 1. The Morgan fingerprint density at radius 2 is 1.94 bits per heavy atom. The average Bonchev–Trinajstić information content (AvgIpc) is 2.81. The minimum atomic E-state index is 0.830. The quantitative estimate of drug-likeness (QED) is 0.828. The zero-order valence-electron chi connectivity index (χ0n) is 9.93. The smallest absolute Gasteiger partial charge is 0.135 e. The lowest BCUT2D eigenvalue weighted by Crippen LogP contribution is -2.11. The summed E-state index contributed by atoms with van der Waals surface area (Å²) in [5.41, 5.74) is 1.11.